The highest BCUT2D eigenvalue weighted by Crippen LogP contribution is 2.33. The Morgan fingerprint density at radius 2 is 2.12 bits per heavy atom. The summed E-state index contributed by atoms with van der Waals surface area (Å²) in [7, 11) is 0. The van der Waals surface area contributed by atoms with Crippen molar-refractivity contribution in [3.63, 3.8) is 0 Å². The van der Waals surface area contributed by atoms with Crippen LogP contribution in [0.5, 0.6) is 0 Å². The largest absolute Gasteiger partial charge is 0.441 e. The Kier molecular flexibility index (Phi) is 4.64. The molecule has 1 aliphatic rings. The molecule has 0 aliphatic carbocycles. The van der Waals surface area contributed by atoms with Gasteiger partial charge in [-0.2, -0.15) is 0 Å². The molecule has 0 spiro atoms. The lowest BCUT2D eigenvalue weighted by atomic mass is 10.0. The van der Waals surface area contributed by atoms with Gasteiger partial charge in [0.25, 0.3) is 0 Å². The van der Waals surface area contributed by atoms with E-state index in [-0.39, 0.29) is 11.9 Å². The van der Waals surface area contributed by atoms with Crippen LogP contribution in [0, 0.1) is 6.92 Å². The lowest BCUT2D eigenvalue weighted by molar-refractivity contribution is -0.133. The second-order valence-electron chi connectivity index (χ2n) is 6.80. The Morgan fingerprint density at radius 3 is 2.92 bits per heavy atom. The van der Waals surface area contributed by atoms with Crippen molar-refractivity contribution in [1.29, 1.82) is 0 Å². The number of hydrogen-bond donors (Lipinski definition) is 0. The summed E-state index contributed by atoms with van der Waals surface area (Å²) in [6.07, 6.45) is 3.66. The average Bonchev–Trinajstić information content (AvgIpc) is 3.30. The lowest BCUT2D eigenvalue weighted by Crippen LogP contribution is -2.38. The molecule has 1 aromatic carbocycles. The number of nitrogens with zero attached hydrogens (tertiary/aromatic N) is 2. The topological polar surface area (TPSA) is 46.3 Å². The number of carbonyl (C=O) groups excluding carboxylic acids is 1. The standard InChI is InChI=1S/C21H22N2O2S/c1-14-3-5-16(6-4-14)18-13-22-20(25-18)7-8-21(24)23-11-9-19-17(15(23)2)10-12-26-19/h3-6,10,12-13,15H,7-9,11H2,1-2H3. The smallest absolute Gasteiger partial charge is 0.223 e. The van der Waals surface area contributed by atoms with Crippen LogP contribution < -0.4 is 0 Å². The molecule has 0 saturated carbocycles. The third-order valence-corrected chi connectivity index (χ3v) is 6.04. The van der Waals surface area contributed by atoms with Crippen LogP contribution in [0.4, 0.5) is 0 Å². The maximum absolute atomic E-state index is 12.7. The maximum Gasteiger partial charge on any atom is 0.223 e. The number of rotatable bonds is 4. The first kappa shape index (κ1) is 17.0. The first-order chi connectivity index (χ1) is 12.6. The molecule has 3 aromatic rings. The first-order valence-electron chi connectivity index (χ1n) is 8.99. The molecule has 4 nitrogen and oxygen atoms in total. The summed E-state index contributed by atoms with van der Waals surface area (Å²) in [6.45, 7) is 4.97. The maximum atomic E-state index is 12.7. The van der Waals surface area contributed by atoms with Crippen molar-refractivity contribution in [2.24, 2.45) is 0 Å². The minimum absolute atomic E-state index is 0.158. The highest BCUT2D eigenvalue weighted by atomic mass is 32.1. The number of hydrogen-bond acceptors (Lipinski definition) is 4. The molecule has 134 valence electrons. The molecular formula is C21H22N2O2S. The zero-order valence-electron chi connectivity index (χ0n) is 15.1. The van der Waals surface area contributed by atoms with Crippen LogP contribution in [0.25, 0.3) is 11.3 Å². The van der Waals surface area contributed by atoms with Crippen LogP contribution in [0.15, 0.2) is 46.3 Å². The van der Waals surface area contributed by atoms with Gasteiger partial charge in [-0.05, 0) is 37.3 Å². The first-order valence-corrected chi connectivity index (χ1v) is 9.87. The molecule has 0 bridgehead atoms. The van der Waals surface area contributed by atoms with Crippen molar-refractivity contribution in [2.75, 3.05) is 6.54 Å². The fraction of sp³-hybridized carbons (Fsp3) is 0.333. The molecule has 0 N–H and O–H groups in total. The number of amides is 1. The number of carbonyl (C=O) groups is 1. The summed E-state index contributed by atoms with van der Waals surface area (Å²) in [5, 5.41) is 2.12. The lowest BCUT2D eigenvalue weighted by Gasteiger charge is -2.33. The number of oxazole rings is 1. The molecule has 1 aliphatic heterocycles. The van der Waals surface area contributed by atoms with Gasteiger partial charge in [0, 0.05) is 29.8 Å². The van der Waals surface area contributed by atoms with Crippen LogP contribution >= 0.6 is 11.3 Å². The summed E-state index contributed by atoms with van der Waals surface area (Å²) < 4.78 is 5.84. The molecule has 1 amide bonds. The molecule has 1 unspecified atom stereocenters. The van der Waals surface area contributed by atoms with E-state index in [4.69, 9.17) is 4.42 Å². The van der Waals surface area contributed by atoms with Crippen LogP contribution in [0.3, 0.4) is 0 Å². The number of thiophene rings is 1. The van der Waals surface area contributed by atoms with Gasteiger partial charge < -0.3 is 9.32 Å². The molecule has 5 heteroatoms. The van der Waals surface area contributed by atoms with E-state index in [1.54, 1.807) is 17.5 Å². The third kappa shape index (κ3) is 3.31. The minimum Gasteiger partial charge on any atom is -0.441 e. The predicted molar refractivity (Wildman–Crippen MR) is 103 cm³/mol. The summed E-state index contributed by atoms with van der Waals surface area (Å²) in [5.41, 5.74) is 3.52. The van der Waals surface area contributed by atoms with E-state index in [2.05, 4.69) is 42.4 Å². The van der Waals surface area contributed by atoms with Gasteiger partial charge in [-0.25, -0.2) is 4.98 Å². The summed E-state index contributed by atoms with van der Waals surface area (Å²) >= 11 is 1.79. The van der Waals surface area contributed by atoms with E-state index in [9.17, 15) is 4.79 Å². The molecule has 0 fully saturated rings. The Labute approximate surface area is 157 Å². The predicted octanol–water partition coefficient (Wildman–Crippen LogP) is 4.79. The van der Waals surface area contributed by atoms with Gasteiger partial charge in [-0.1, -0.05) is 29.8 Å². The minimum atomic E-state index is 0.158. The van der Waals surface area contributed by atoms with E-state index in [1.165, 1.54) is 16.0 Å². The van der Waals surface area contributed by atoms with E-state index in [1.807, 2.05) is 17.0 Å². The van der Waals surface area contributed by atoms with Gasteiger partial charge >= 0.3 is 0 Å². The van der Waals surface area contributed by atoms with Crippen molar-refractivity contribution in [3.05, 3.63) is 63.8 Å². The Balaban J connectivity index is 1.39. The van der Waals surface area contributed by atoms with Gasteiger partial charge in [-0.3, -0.25) is 4.79 Å². The molecular weight excluding hydrogens is 344 g/mol. The zero-order valence-corrected chi connectivity index (χ0v) is 15.9. The van der Waals surface area contributed by atoms with Crippen LogP contribution in [-0.4, -0.2) is 22.3 Å². The van der Waals surface area contributed by atoms with Crippen LogP contribution in [-0.2, 0) is 17.6 Å². The quantitative estimate of drug-likeness (QED) is 0.667. The molecule has 2 aromatic heterocycles. The monoisotopic (exact) mass is 366 g/mol. The van der Waals surface area contributed by atoms with Gasteiger partial charge in [0.15, 0.2) is 11.7 Å². The van der Waals surface area contributed by atoms with Crippen LogP contribution in [0.2, 0.25) is 0 Å². The van der Waals surface area contributed by atoms with Gasteiger partial charge in [0.2, 0.25) is 5.91 Å². The molecule has 26 heavy (non-hydrogen) atoms. The molecule has 4 rings (SSSR count). The van der Waals surface area contributed by atoms with Crippen molar-refractivity contribution in [3.8, 4) is 11.3 Å². The molecule has 3 heterocycles. The Morgan fingerprint density at radius 1 is 1.31 bits per heavy atom. The fourth-order valence-electron chi connectivity index (χ4n) is 3.48. The average molecular weight is 366 g/mol. The number of aromatic nitrogens is 1. The number of benzene rings is 1. The van der Waals surface area contributed by atoms with E-state index in [0.29, 0.717) is 18.7 Å². The second kappa shape index (κ2) is 7.08. The molecule has 0 radical (unpaired) electrons. The Hall–Kier alpha value is -2.40. The van der Waals surface area contributed by atoms with Gasteiger partial charge in [-0.15, -0.1) is 11.3 Å². The van der Waals surface area contributed by atoms with Crippen LogP contribution in [0.1, 0.15) is 41.3 Å². The van der Waals surface area contributed by atoms with E-state index in [0.717, 1.165) is 24.3 Å². The normalized spacial score (nSPS) is 16.5. The third-order valence-electron chi connectivity index (χ3n) is 5.04. The number of fused-ring (bicyclic) bond motifs is 1. The fourth-order valence-corrected chi connectivity index (χ4v) is 4.45. The van der Waals surface area contributed by atoms with Crippen molar-refractivity contribution in [1.82, 2.24) is 9.88 Å². The van der Waals surface area contributed by atoms with Gasteiger partial charge in [0.1, 0.15) is 0 Å². The van der Waals surface area contributed by atoms with Crippen molar-refractivity contribution in [2.45, 2.75) is 39.2 Å². The zero-order chi connectivity index (χ0) is 18.1. The summed E-state index contributed by atoms with van der Waals surface area (Å²) in [5.74, 6) is 1.54. The molecule has 0 saturated heterocycles. The van der Waals surface area contributed by atoms with E-state index < -0.39 is 0 Å². The van der Waals surface area contributed by atoms with Crippen molar-refractivity contribution >= 4 is 17.2 Å². The summed E-state index contributed by atoms with van der Waals surface area (Å²) in [4.78, 5) is 20.4. The highest BCUT2D eigenvalue weighted by molar-refractivity contribution is 7.10. The van der Waals surface area contributed by atoms with E-state index >= 15 is 0 Å². The van der Waals surface area contributed by atoms with Crippen molar-refractivity contribution < 1.29 is 9.21 Å². The second-order valence-corrected chi connectivity index (χ2v) is 7.80. The number of aryl methyl sites for hydroxylation is 2. The Bertz CT molecular complexity index is 910. The van der Waals surface area contributed by atoms with Gasteiger partial charge in [0.05, 0.1) is 12.2 Å². The highest BCUT2D eigenvalue weighted by Gasteiger charge is 2.28. The summed E-state index contributed by atoms with van der Waals surface area (Å²) in [6, 6.07) is 10.5. The molecule has 1 atom stereocenters. The SMILES string of the molecule is Cc1ccc(-c2cnc(CCC(=O)N3CCc4sccc4C3C)o2)cc1.